The zero-order chi connectivity index (χ0) is 14.8. The number of nitrogens with two attached hydrogens (primary N) is 1. The van der Waals surface area contributed by atoms with Crippen molar-refractivity contribution in [3.8, 4) is 0 Å². The van der Waals surface area contributed by atoms with Crippen molar-refractivity contribution < 1.29 is 14.3 Å². The summed E-state index contributed by atoms with van der Waals surface area (Å²) in [7, 11) is 0. The Bertz CT molecular complexity index is 325. The smallest absolute Gasteiger partial charge is 0.239 e. The first-order valence-corrected chi connectivity index (χ1v) is 7.43. The second-order valence-corrected chi connectivity index (χ2v) is 5.30. The van der Waals surface area contributed by atoms with E-state index in [1.165, 1.54) is 0 Å². The quantitative estimate of drug-likeness (QED) is 0.471. The van der Waals surface area contributed by atoms with Gasteiger partial charge in [-0.3, -0.25) is 9.59 Å². The lowest BCUT2D eigenvalue weighted by Crippen LogP contribution is -2.46. The highest BCUT2D eigenvalue weighted by Crippen LogP contribution is 2.13. The molecule has 1 rings (SSSR count). The lowest BCUT2D eigenvalue weighted by Gasteiger charge is -2.17. The molecule has 0 aromatic rings. The van der Waals surface area contributed by atoms with E-state index >= 15 is 0 Å². The first kappa shape index (κ1) is 16.7. The van der Waals surface area contributed by atoms with Crippen LogP contribution < -0.4 is 11.1 Å². The first-order chi connectivity index (χ1) is 9.65. The number of nitrogens with one attached hydrogen (secondary N) is 1. The lowest BCUT2D eigenvalue weighted by molar-refractivity contribution is -0.130. The molecule has 0 bridgehead atoms. The largest absolute Gasteiger partial charge is 0.381 e. The first-order valence-electron chi connectivity index (χ1n) is 7.43. The molecule has 1 aliphatic heterocycles. The summed E-state index contributed by atoms with van der Waals surface area (Å²) in [6, 6.07) is -0.553. The summed E-state index contributed by atoms with van der Waals surface area (Å²) in [6.07, 6.45) is 8.44. The highest BCUT2D eigenvalue weighted by atomic mass is 16.5. The van der Waals surface area contributed by atoms with Gasteiger partial charge in [0, 0.05) is 6.61 Å². The molecular weight excluding hydrogens is 256 g/mol. The molecule has 5 nitrogen and oxygen atoms in total. The molecule has 0 aromatic carbocycles. The SMILES string of the molecule is C=CCCCCCC[C@@H](NC(=O)[C@H]1CCOC1)C(N)=O. The van der Waals surface area contributed by atoms with Crippen LogP contribution in [0.2, 0.25) is 0 Å². The van der Waals surface area contributed by atoms with Gasteiger partial charge in [-0.2, -0.15) is 0 Å². The maximum Gasteiger partial charge on any atom is 0.239 e. The maximum atomic E-state index is 11.9. The van der Waals surface area contributed by atoms with Gasteiger partial charge in [0.25, 0.3) is 0 Å². The van der Waals surface area contributed by atoms with Crippen molar-refractivity contribution in [3.05, 3.63) is 12.7 Å². The number of hydrogen-bond donors (Lipinski definition) is 2. The molecule has 0 spiro atoms. The van der Waals surface area contributed by atoms with Gasteiger partial charge in [0.2, 0.25) is 11.8 Å². The molecular formula is C15H26N2O3. The van der Waals surface area contributed by atoms with Gasteiger partial charge in [0.1, 0.15) is 6.04 Å². The summed E-state index contributed by atoms with van der Waals surface area (Å²) in [5.41, 5.74) is 5.35. The van der Waals surface area contributed by atoms with E-state index in [0.717, 1.165) is 38.5 Å². The standard InChI is InChI=1S/C15H26N2O3/c1-2-3-4-5-6-7-8-13(14(16)18)17-15(19)12-9-10-20-11-12/h2,12-13H,1,3-11H2,(H2,16,18)(H,17,19)/t12-,13+/m0/s1. The van der Waals surface area contributed by atoms with Crippen LogP contribution in [0.3, 0.4) is 0 Å². The lowest BCUT2D eigenvalue weighted by atomic mass is 10.0. The fourth-order valence-corrected chi connectivity index (χ4v) is 2.31. The minimum absolute atomic E-state index is 0.113. The van der Waals surface area contributed by atoms with Crippen LogP contribution in [0, 0.1) is 5.92 Å². The summed E-state index contributed by atoms with van der Waals surface area (Å²) in [5, 5.41) is 2.75. The summed E-state index contributed by atoms with van der Waals surface area (Å²) in [5.74, 6) is -0.703. The average molecular weight is 282 g/mol. The third-order valence-electron chi connectivity index (χ3n) is 3.61. The molecule has 5 heteroatoms. The molecule has 20 heavy (non-hydrogen) atoms. The summed E-state index contributed by atoms with van der Waals surface area (Å²) in [4.78, 5) is 23.3. The molecule has 114 valence electrons. The van der Waals surface area contributed by atoms with Crippen molar-refractivity contribution in [2.45, 2.75) is 51.0 Å². The van der Waals surface area contributed by atoms with Crippen LogP contribution in [0.1, 0.15) is 44.9 Å². The normalized spacial score (nSPS) is 19.5. The van der Waals surface area contributed by atoms with Crippen LogP contribution in [-0.4, -0.2) is 31.1 Å². The Balaban J connectivity index is 2.23. The number of rotatable bonds is 10. The van der Waals surface area contributed by atoms with Gasteiger partial charge in [-0.1, -0.05) is 25.3 Å². The van der Waals surface area contributed by atoms with Crippen LogP contribution in [0.5, 0.6) is 0 Å². The van der Waals surface area contributed by atoms with Crippen LogP contribution in [0.25, 0.3) is 0 Å². The number of unbranched alkanes of at least 4 members (excludes halogenated alkanes) is 4. The van der Waals surface area contributed by atoms with Gasteiger partial charge >= 0.3 is 0 Å². The minimum Gasteiger partial charge on any atom is -0.381 e. The zero-order valence-corrected chi connectivity index (χ0v) is 12.1. The van der Waals surface area contributed by atoms with E-state index in [4.69, 9.17) is 10.5 Å². The third-order valence-corrected chi connectivity index (χ3v) is 3.61. The second-order valence-electron chi connectivity index (χ2n) is 5.30. The number of carbonyl (C=O) groups is 2. The van der Waals surface area contributed by atoms with E-state index in [1.807, 2.05) is 6.08 Å². The molecule has 3 N–H and O–H groups in total. The third kappa shape index (κ3) is 6.19. The van der Waals surface area contributed by atoms with Crippen molar-refractivity contribution in [1.82, 2.24) is 5.32 Å². The molecule has 2 amide bonds. The van der Waals surface area contributed by atoms with Crippen molar-refractivity contribution in [2.24, 2.45) is 11.7 Å². The molecule has 0 saturated carbocycles. The topological polar surface area (TPSA) is 81.4 Å². The van der Waals surface area contributed by atoms with Crippen molar-refractivity contribution in [2.75, 3.05) is 13.2 Å². The minimum atomic E-state index is -0.553. The van der Waals surface area contributed by atoms with Gasteiger partial charge in [0.15, 0.2) is 0 Å². The molecule has 1 saturated heterocycles. The Morgan fingerprint density at radius 3 is 2.70 bits per heavy atom. The predicted octanol–water partition coefficient (Wildman–Crippen LogP) is 1.52. The van der Waals surface area contributed by atoms with E-state index < -0.39 is 11.9 Å². The Morgan fingerprint density at radius 1 is 1.35 bits per heavy atom. The van der Waals surface area contributed by atoms with E-state index in [1.54, 1.807) is 0 Å². The molecule has 1 heterocycles. The van der Waals surface area contributed by atoms with Gasteiger partial charge in [-0.25, -0.2) is 0 Å². The van der Waals surface area contributed by atoms with Crippen LogP contribution in [-0.2, 0) is 14.3 Å². The Morgan fingerprint density at radius 2 is 2.10 bits per heavy atom. The fourth-order valence-electron chi connectivity index (χ4n) is 2.31. The van der Waals surface area contributed by atoms with Gasteiger partial charge in [-0.15, -0.1) is 6.58 Å². The summed E-state index contributed by atoms with van der Waals surface area (Å²) in [6.45, 7) is 4.74. The molecule has 0 unspecified atom stereocenters. The molecule has 0 aliphatic carbocycles. The fraction of sp³-hybridized carbons (Fsp3) is 0.733. The molecule has 1 aliphatic rings. The molecule has 1 fully saturated rings. The number of ether oxygens (including phenoxy) is 1. The highest BCUT2D eigenvalue weighted by molar-refractivity contribution is 5.87. The molecule has 0 radical (unpaired) electrons. The summed E-state index contributed by atoms with van der Waals surface area (Å²) < 4.78 is 5.17. The van der Waals surface area contributed by atoms with Crippen molar-refractivity contribution >= 4 is 11.8 Å². The predicted molar refractivity (Wildman–Crippen MR) is 78.0 cm³/mol. The van der Waals surface area contributed by atoms with Crippen LogP contribution in [0.4, 0.5) is 0 Å². The van der Waals surface area contributed by atoms with Crippen molar-refractivity contribution in [3.63, 3.8) is 0 Å². The van der Waals surface area contributed by atoms with Gasteiger partial charge < -0.3 is 15.8 Å². The number of primary amides is 1. The number of hydrogen-bond acceptors (Lipinski definition) is 3. The monoisotopic (exact) mass is 282 g/mol. The van der Waals surface area contributed by atoms with E-state index in [2.05, 4.69) is 11.9 Å². The number of amides is 2. The average Bonchev–Trinajstić information content (AvgIpc) is 2.95. The van der Waals surface area contributed by atoms with Crippen LogP contribution >= 0.6 is 0 Å². The van der Waals surface area contributed by atoms with E-state index in [9.17, 15) is 9.59 Å². The molecule has 2 atom stereocenters. The van der Waals surface area contributed by atoms with Gasteiger partial charge in [0.05, 0.1) is 12.5 Å². The van der Waals surface area contributed by atoms with E-state index in [-0.39, 0.29) is 11.8 Å². The number of allylic oxidation sites excluding steroid dienone is 1. The molecule has 0 aromatic heterocycles. The second kappa shape index (κ2) is 9.53. The Hall–Kier alpha value is -1.36. The highest BCUT2D eigenvalue weighted by Gasteiger charge is 2.26. The maximum absolute atomic E-state index is 11.9. The Kier molecular flexibility index (Phi) is 7.95. The van der Waals surface area contributed by atoms with Crippen LogP contribution in [0.15, 0.2) is 12.7 Å². The van der Waals surface area contributed by atoms with E-state index in [0.29, 0.717) is 19.6 Å². The Labute approximate surface area is 120 Å². The zero-order valence-electron chi connectivity index (χ0n) is 12.1. The number of carbonyl (C=O) groups excluding carboxylic acids is 2. The summed E-state index contributed by atoms with van der Waals surface area (Å²) >= 11 is 0. The van der Waals surface area contributed by atoms with Crippen molar-refractivity contribution in [1.29, 1.82) is 0 Å². The van der Waals surface area contributed by atoms with Gasteiger partial charge in [-0.05, 0) is 25.7 Å².